The number of carbonyl (C=O) groups is 2. The molecule has 11 heteroatoms. The van der Waals surface area contributed by atoms with E-state index in [-0.39, 0.29) is 18.1 Å². The lowest BCUT2D eigenvalue weighted by atomic mass is 9.89. The van der Waals surface area contributed by atoms with E-state index < -0.39 is 12.1 Å². The van der Waals surface area contributed by atoms with Crippen LogP contribution in [-0.2, 0) is 27.9 Å². The molecule has 2 aliphatic heterocycles. The number of amides is 1. The Labute approximate surface area is 183 Å². The lowest BCUT2D eigenvalue weighted by Crippen LogP contribution is -2.58. The Morgan fingerprint density at radius 2 is 1.84 bits per heavy atom. The van der Waals surface area contributed by atoms with Crippen LogP contribution < -0.4 is 4.90 Å². The van der Waals surface area contributed by atoms with Gasteiger partial charge in [0.05, 0.1) is 18.7 Å². The molecule has 0 aliphatic carbocycles. The number of para-hydroxylation sites is 1. The number of imidazole rings is 1. The van der Waals surface area contributed by atoms with Crippen molar-refractivity contribution < 1.29 is 32.6 Å². The number of anilines is 1. The van der Waals surface area contributed by atoms with Gasteiger partial charge in [-0.1, -0.05) is 18.2 Å². The Morgan fingerprint density at radius 3 is 2.38 bits per heavy atom. The first-order chi connectivity index (χ1) is 15.1. The molecule has 3 heterocycles. The number of hydrogen-bond acceptors (Lipinski definition) is 5. The van der Waals surface area contributed by atoms with Crippen LogP contribution in [0.2, 0.25) is 0 Å². The van der Waals surface area contributed by atoms with Crippen LogP contribution in [0.5, 0.6) is 0 Å². The van der Waals surface area contributed by atoms with Crippen LogP contribution in [0, 0.1) is 0 Å². The van der Waals surface area contributed by atoms with Crippen LogP contribution in [0.4, 0.5) is 18.9 Å². The molecule has 0 bridgehead atoms. The van der Waals surface area contributed by atoms with E-state index in [1.54, 1.807) is 0 Å². The largest absolute Gasteiger partial charge is 0.490 e. The third-order valence-electron chi connectivity index (χ3n) is 5.61. The number of likely N-dealkylation sites (tertiary alicyclic amines) is 1. The van der Waals surface area contributed by atoms with Gasteiger partial charge in [0.15, 0.2) is 0 Å². The first-order valence-corrected chi connectivity index (χ1v) is 10.1. The number of nitrogens with zero attached hydrogens (tertiary/aromatic N) is 4. The zero-order valence-electron chi connectivity index (χ0n) is 17.6. The topological polar surface area (TPSA) is 87.9 Å². The van der Waals surface area contributed by atoms with Crippen molar-refractivity contribution in [2.24, 2.45) is 7.05 Å². The summed E-state index contributed by atoms with van der Waals surface area (Å²) in [6.45, 7) is 3.61. The number of rotatable bonds is 3. The Morgan fingerprint density at radius 1 is 1.22 bits per heavy atom. The van der Waals surface area contributed by atoms with Crippen molar-refractivity contribution in [1.82, 2.24) is 14.5 Å². The maximum atomic E-state index is 12.3. The van der Waals surface area contributed by atoms with Crippen LogP contribution in [0.15, 0.2) is 42.7 Å². The molecule has 1 aromatic heterocycles. The molecule has 2 aliphatic rings. The van der Waals surface area contributed by atoms with E-state index in [1.165, 1.54) is 0 Å². The highest BCUT2D eigenvalue weighted by Gasteiger charge is 2.42. The molecule has 1 amide bonds. The molecule has 1 aromatic carbocycles. The first-order valence-electron chi connectivity index (χ1n) is 10.1. The van der Waals surface area contributed by atoms with Crippen molar-refractivity contribution in [3.05, 3.63) is 48.5 Å². The molecule has 2 saturated heterocycles. The van der Waals surface area contributed by atoms with Crippen molar-refractivity contribution in [3.63, 3.8) is 0 Å². The fraction of sp³-hybridized carbons (Fsp3) is 0.476. The van der Waals surface area contributed by atoms with Gasteiger partial charge in [0, 0.05) is 38.2 Å². The first kappa shape index (κ1) is 23.7. The number of carbonyl (C=O) groups excluding carboxylic acids is 1. The smallest absolute Gasteiger partial charge is 0.475 e. The number of aryl methyl sites for hydroxylation is 1. The van der Waals surface area contributed by atoms with Gasteiger partial charge < -0.3 is 19.3 Å². The lowest BCUT2D eigenvalue weighted by molar-refractivity contribution is -0.192. The molecule has 2 fully saturated rings. The second-order valence-corrected chi connectivity index (χ2v) is 7.82. The maximum Gasteiger partial charge on any atom is 0.490 e. The van der Waals surface area contributed by atoms with Crippen LogP contribution >= 0.6 is 0 Å². The van der Waals surface area contributed by atoms with Crippen molar-refractivity contribution in [3.8, 4) is 0 Å². The minimum atomic E-state index is -5.08. The monoisotopic (exact) mass is 454 g/mol. The molecule has 32 heavy (non-hydrogen) atoms. The lowest BCUT2D eigenvalue weighted by Gasteiger charge is -2.47. The molecule has 0 saturated carbocycles. The summed E-state index contributed by atoms with van der Waals surface area (Å²) in [5.41, 5.74) is 0.743. The highest BCUT2D eigenvalue weighted by Crippen LogP contribution is 2.33. The van der Waals surface area contributed by atoms with Gasteiger partial charge in [-0.25, -0.2) is 9.78 Å². The van der Waals surface area contributed by atoms with E-state index in [0.29, 0.717) is 6.54 Å². The predicted molar refractivity (Wildman–Crippen MR) is 109 cm³/mol. The van der Waals surface area contributed by atoms with E-state index in [0.717, 1.165) is 44.0 Å². The van der Waals surface area contributed by atoms with Crippen LogP contribution in [0.25, 0.3) is 0 Å². The Kier molecular flexibility index (Phi) is 7.19. The van der Waals surface area contributed by atoms with Gasteiger partial charge >= 0.3 is 12.1 Å². The second-order valence-electron chi connectivity index (χ2n) is 7.82. The molecule has 2 aromatic rings. The standard InChI is InChI=1S/C19H24N4O2.C2HF3O2/c1-21-12-9-20-17(21)13-22-10-7-19(8-11-22)15-23(18(24)14-25-19)16-5-3-2-4-6-16;3-2(4,5)1(6)7/h2-6,9,12H,7-8,10-11,13-15H2,1H3;(H,6,7). The molecule has 8 nitrogen and oxygen atoms in total. The van der Waals surface area contributed by atoms with E-state index in [2.05, 4.69) is 14.5 Å². The average molecular weight is 454 g/mol. The number of morpholine rings is 1. The minimum Gasteiger partial charge on any atom is -0.475 e. The number of benzene rings is 1. The Balaban J connectivity index is 0.000000360. The highest BCUT2D eigenvalue weighted by atomic mass is 19.4. The fourth-order valence-corrected chi connectivity index (χ4v) is 3.73. The summed E-state index contributed by atoms with van der Waals surface area (Å²) in [5, 5.41) is 7.12. The second kappa shape index (κ2) is 9.70. The maximum absolute atomic E-state index is 12.3. The summed E-state index contributed by atoms with van der Waals surface area (Å²) in [5.74, 6) is -1.62. The summed E-state index contributed by atoms with van der Waals surface area (Å²) < 4.78 is 39.8. The summed E-state index contributed by atoms with van der Waals surface area (Å²) in [6.07, 6.45) is 0.616. The zero-order valence-corrected chi connectivity index (χ0v) is 17.6. The molecular formula is C21H25F3N4O4. The van der Waals surface area contributed by atoms with Gasteiger partial charge in [-0.15, -0.1) is 0 Å². The molecule has 1 spiro atoms. The SMILES string of the molecule is Cn1ccnc1CN1CCC2(CC1)CN(c1ccccc1)C(=O)CO2.O=C(O)C(F)(F)F. The van der Waals surface area contributed by atoms with Gasteiger partial charge in [-0.2, -0.15) is 13.2 Å². The van der Waals surface area contributed by atoms with Crippen LogP contribution in [0.1, 0.15) is 18.7 Å². The van der Waals surface area contributed by atoms with E-state index in [4.69, 9.17) is 14.6 Å². The Bertz CT molecular complexity index is 925. The Hall–Kier alpha value is -2.92. The highest BCUT2D eigenvalue weighted by molar-refractivity contribution is 5.95. The third-order valence-corrected chi connectivity index (χ3v) is 5.61. The van der Waals surface area contributed by atoms with Gasteiger partial charge in [0.2, 0.25) is 0 Å². The van der Waals surface area contributed by atoms with Crippen LogP contribution in [-0.4, -0.2) is 69.5 Å². The summed E-state index contributed by atoms with van der Waals surface area (Å²) in [6, 6.07) is 9.90. The van der Waals surface area contributed by atoms with Gasteiger partial charge in [0.1, 0.15) is 12.4 Å². The van der Waals surface area contributed by atoms with Crippen LogP contribution in [0.3, 0.4) is 0 Å². The number of halogens is 3. The number of hydrogen-bond donors (Lipinski definition) is 1. The normalized spacial score (nSPS) is 18.9. The molecular weight excluding hydrogens is 429 g/mol. The van der Waals surface area contributed by atoms with Gasteiger partial charge in [-0.05, 0) is 25.0 Å². The average Bonchev–Trinajstić information content (AvgIpc) is 3.16. The predicted octanol–water partition coefficient (Wildman–Crippen LogP) is 2.45. The third kappa shape index (κ3) is 5.86. The number of aliphatic carboxylic acids is 1. The van der Waals surface area contributed by atoms with Gasteiger partial charge in [0.25, 0.3) is 5.91 Å². The molecule has 0 atom stereocenters. The number of alkyl halides is 3. The van der Waals surface area contributed by atoms with Crippen molar-refractivity contribution in [1.29, 1.82) is 0 Å². The molecule has 4 rings (SSSR count). The summed E-state index contributed by atoms with van der Waals surface area (Å²) >= 11 is 0. The van der Waals surface area contributed by atoms with E-state index in [1.807, 2.05) is 54.7 Å². The van der Waals surface area contributed by atoms with Crippen molar-refractivity contribution >= 4 is 17.6 Å². The minimum absolute atomic E-state index is 0.0484. The number of carboxylic acid groups (broad SMARTS) is 1. The zero-order chi connectivity index (χ0) is 23.4. The molecule has 1 N–H and O–H groups in total. The van der Waals surface area contributed by atoms with E-state index >= 15 is 0 Å². The fourth-order valence-electron chi connectivity index (χ4n) is 3.73. The number of carboxylic acids is 1. The van der Waals surface area contributed by atoms with E-state index in [9.17, 15) is 18.0 Å². The van der Waals surface area contributed by atoms with Crippen molar-refractivity contribution in [2.75, 3.05) is 31.1 Å². The number of ether oxygens (including phenoxy) is 1. The molecule has 174 valence electrons. The summed E-state index contributed by atoms with van der Waals surface area (Å²) in [7, 11) is 2.03. The van der Waals surface area contributed by atoms with Crippen molar-refractivity contribution in [2.45, 2.75) is 31.2 Å². The molecule has 0 unspecified atom stereocenters. The number of piperidine rings is 1. The number of aromatic nitrogens is 2. The van der Waals surface area contributed by atoms with Gasteiger partial charge in [-0.3, -0.25) is 9.69 Å². The summed E-state index contributed by atoms with van der Waals surface area (Å²) in [4.78, 5) is 29.9. The molecule has 0 radical (unpaired) electrons. The quantitative estimate of drug-likeness (QED) is 0.767.